The van der Waals surface area contributed by atoms with Gasteiger partial charge in [0.15, 0.2) is 0 Å². The second kappa shape index (κ2) is 15.9. The summed E-state index contributed by atoms with van der Waals surface area (Å²) in [6.45, 7) is 3.86. The number of nitrogens with one attached hydrogen (secondary N) is 2. The summed E-state index contributed by atoms with van der Waals surface area (Å²) < 4.78 is 5.40. The summed E-state index contributed by atoms with van der Waals surface area (Å²) in [5.74, 6) is -3.75. The van der Waals surface area contributed by atoms with Crippen LogP contribution in [0.2, 0.25) is 0 Å². The molecule has 0 bridgehead atoms. The van der Waals surface area contributed by atoms with Crippen LogP contribution in [-0.2, 0) is 36.9 Å². The largest absolute Gasteiger partial charge is 0.475 e. The minimum Gasteiger partial charge on any atom is -0.475 e. The highest BCUT2D eigenvalue weighted by Crippen LogP contribution is 2.42. The molecule has 1 aliphatic heterocycles. The number of ketones is 1. The van der Waals surface area contributed by atoms with Crippen LogP contribution < -0.4 is 10.6 Å². The molecule has 0 aliphatic carbocycles. The average Bonchev–Trinajstić information content (AvgIpc) is 3.49. The maximum absolute atomic E-state index is 14.3. The van der Waals surface area contributed by atoms with Crippen molar-refractivity contribution >= 4 is 41.4 Å². The minimum atomic E-state index is -1.66. The van der Waals surface area contributed by atoms with Gasteiger partial charge < -0.3 is 25.4 Å². The van der Waals surface area contributed by atoms with Crippen molar-refractivity contribution in [2.75, 3.05) is 5.75 Å². The Labute approximate surface area is 266 Å². The lowest BCUT2D eigenvalue weighted by atomic mass is 10.0. The van der Waals surface area contributed by atoms with E-state index in [1.807, 2.05) is 74.5 Å². The molecule has 3 aromatic rings. The van der Waals surface area contributed by atoms with E-state index in [0.717, 1.165) is 11.1 Å². The Morgan fingerprint density at radius 2 is 1.42 bits per heavy atom. The van der Waals surface area contributed by atoms with E-state index in [0.29, 0.717) is 5.56 Å². The normalized spacial score (nSPS) is 17.3. The van der Waals surface area contributed by atoms with Crippen LogP contribution in [0.15, 0.2) is 91.0 Å². The summed E-state index contributed by atoms with van der Waals surface area (Å²) >= 11 is 1.38. The molecule has 10 nitrogen and oxygen atoms in total. The van der Waals surface area contributed by atoms with Crippen molar-refractivity contribution in [3.8, 4) is 0 Å². The molecule has 0 aromatic heterocycles. The number of Topliss-reactive ketones (excluding diaryl/α,β-unsaturated/α-hetero) is 1. The fourth-order valence-corrected chi connectivity index (χ4v) is 6.55. The Bertz CT molecular complexity index is 1470. The van der Waals surface area contributed by atoms with Gasteiger partial charge in [0.1, 0.15) is 30.1 Å². The van der Waals surface area contributed by atoms with E-state index >= 15 is 0 Å². The van der Waals surface area contributed by atoms with Gasteiger partial charge in [-0.3, -0.25) is 14.4 Å². The van der Waals surface area contributed by atoms with E-state index < -0.39 is 53.2 Å². The molecule has 4 rings (SSSR count). The molecular weight excluding hydrogens is 594 g/mol. The van der Waals surface area contributed by atoms with Crippen LogP contribution in [-0.4, -0.2) is 63.5 Å². The molecule has 236 valence electrons. The first-order valence-corrected chi connectivity index (χ1v) is 15.8. The number of hydrogen-bond donors (Lipinski definition) is 3. The van der Waals surface area contributed by atoms with Crippen LogP contribution in [0.25, 0.3) is 0 Å². The van der Waals surface area contributed by atoms with Crippen LogP contribution in [0.4, 0.5) is 4.79 Å². The Morgan fingerprint density at radius 1 is 0.844 bits per heavy atom. The lowest BCUT2D eigenvalue weighted by molar-refractivity contribution is -0.151. The predicted molar refractivity (Wildman–Crippen MR) is 170 cm³/mol. The highest BCUT2D eigenvalue weighted by atomic mass is 32.2. The molecule has 1 unspecified atom stereocenters. The summed E-state index contributed by atoms with van der Waals surface area (Å²) in [6, 6.07) is 23.7. The lowest BCUT2D eigenvalue weighted by Gasteiger charge is -2.33. The van der Waals surface area contributed by atoms with Crippen LogP contribution in [0.5, 0.6) is 0 Å². The number of amides is 3. The molecule has 3 amide bonds. The van der Waals surface area contributed by atoms with Crippen molar-refractivity contribution in [2.45, 2.75) is 56.8 Å². The Morgan fingerprint density at radius 3 is 2.00 bits per heavy atom. The fourth-order valence-electron chi connectivity index (χ4n) is 5.11. The smallest absolute Gasteiger partial charge is 0.408 e. The topological polar surface area (TPSA) is 142 Å². The van der Waals surface area contributed by atoms with Crippen LogP contribution >= 0.6 is 11.8 Å². The van der Waals surface area contributed by atoms with Gasteiger partial charge in [0, 0.05) is 12.2 Å². The molecule has 0 saturated carbocycles. The van der Waals surface area contributed by atoms with E-state index in [1.165, 1.54) is 16.7 Å². The number of alkyl carbamates (subject to hydrolysis) is 1. The van der Waals surface area contributed by atoms with E-state index in [2.05, 4.69) is 10.6 Å². The number of aliphatic carboxylic acids is 1. The lowest BCUT2D eigenvalue weighted by Crippen LogP contribution is -2.57. The average molecular weight is 632 g/mol. The molecule has 3 aromatic carbocycles. The van der Waals surface area contributed by atoms with Crippen LogP contribution in [0.3, 0.4) is 0 Å². The monoisotopic (exact) mass is 631 g/mol. The first-order chi connectivity index (χ1) is 21.6. The molecular formula is C34H37N3O7S. The molecule has 4 atom stereocenters. The third-order valence-electron chi connectivity index (χ3n) is 7.28. The number of carboxylic acid groups (broad SMARTS) is 1. The van der Waals surface area contributed by atoms with Gasteiger partial charge >= 0.3 is 12.1 Å². The quantitative estimate of drug-likeness (QED) is 0.237. The number of rotatable bonds is 13. The standard InChI is InChI=1S/C34H37N3O7S/c1-22(2)18-27(36-34(43)44-20-24-14-8-4-9-15-24)31(40)37-28(21-45-32(37)25-16-10-5-11-17-25)30(39)35-26(29(38)33(41)42)19-23-12-6-3-7-13-23/h3-17,22,26-28,32H,18-21H2,1-2H3,(H,35,39)(H,36,43)(H,41,42)/t26-,27-,28-,32?/m0/s1. The number of hydrogen-bond acceptors (Lipinski definition) is 7. The van der Waals surface area contributed by atoms with Gasteiger partial charge in [-0.1, -0.05) is 105 Å². The van der Waals surface area contributed by atoms with E-state index in [-0.39, 0.29) is 31.1 Å². The maximum atomic E-state index is 14.3. The van der Waals surface area contributed by atoms with Crippen molar-refractivity contribution in [2.24, 2.45) is 5.92 Å². The third kappa shape index (κ3) is 9.18. The zero-order valence-electron chi connectivity index (χ0n) is 25.1. The van der Waals surface area contributed by atoms with Crippen molar-refractivity contribution in [3.05, 3.63) is 108 Å². The molecule has 3 N–H and O–H groups in total. The summed E-state index contributed by atoms with van der Waals surface area (Å²) in [5, 5.41) is 14.2. The van der Waals surface area contributed by atoms with Gasteiger partial charge in [-0.05, 0) is 29.0 Å². The van der Waals surface area contributed by atoms with Crippen LogP contribution in [0.1, 0.15) is 42.3 Å². The Balaban J connectivity index is 1.59. The first-order valence-electron chi connectivity index (χ1n) is 14.7. The molecule has 45 heavy (non-hydrogen) atoms. The van der Waals surface area contributed by atoms with Gasteiger partial charge in [-0.25, -0.2) is 9.59 Å². The highest BCUT2D eigenvalue weighted by Gasteiger charge is 2.45. The molecule has 11 heteroatoms. The maximum Gasteiger partial charge on any atom is 0.408 e. The summed E-state index contributed by atoms with van der Waals surface area (Å²) in [5.41, 5.74) is 2.24. The molecule has 1 aliphatic rings. The van der Waals surface area contributed by atoms with E-state index in [4.69, 9.17) is 4.74 Å². The number of carbonyl (C=O) groups is 5. The van der Waals surface area contributed by atoms with Gasteiger partial charge in [-0.2, -0.15) is 0 Å². The van der Waals surface area contributed by atoms with Crippen molar-refractivity contribution in [1.82, 2.24) is 15.5 Å². The number of thioether (sulfide) groups is 1. The first kappa shape index (κ1) is 33.3. The highest BCUT2D eigenvalue weighted by molar-refractivity contribution is 7.99. The second-order valence-corrected chi connectivity index (χ2v) is 12.3. The van der Waals surface area contributed by atoms with Crippen molar-refractivity contribution in [1.29, 1.82) is 0 Å². The summed E-state index contributed by atoms with van der Waals surface area (Å²) in [7, 11) is 0. The number of ether oxygens (including phenoxy) is 1. The number of carboxylic acids is 1. The van der Waals surface area contributed by atoms with Gasteiger partial charge in [0.05, 0.1) is 0 Å². The summed E-state index contributed by atoms with van der Waals surface area (Å²) in [4.78, 5) is 66.7. The zero-order valence-corrected chi connectivity index (χ0v) is 25.9. The number of nitrogens with zero attached hydrogens (tertiary/aromatic N) is 1. The molecule has 0 spiro atoms. The molecule has 1 saturated heterocycles. The summed E-state index contributed by atoms with van der Waals surface area (Å²) in [6.07, 6.45) is -0.514. The molecule has 1 fully saturated rings. The minimum absolute atomic E-state index is 0.00882. The van der Waals surface area contributed by atoms with Gasteiger partial charge in [0.2, 0.25) is 11.8 Å². The predicted octanol–water partition coefficient (Wildman–Crippen LogP) is 4.35. The van der Waals surface area contributed by atoms with E-state index in [1.54, 1.807) is 30.3 Å². The Hall–Kier alpha value is -4.64. The van der Waals surface area contributed by atoms with Crippen LogP contribution in [0, 0.1) is 5.92 Å². The fraction of sp³-hybridized carbons (Fsp3) is 0.324. The van der Waals surface area contributed by atoms with Crippen molar-refractivity contribution < 1.29 is 33.8 Å². The van der Waals surface area contributed by atoms with Crippen molar-refractivity contribution in [3.63, 3.8) is 0 Å². The van der Waals surface area contributed by atoms with Gasteiger partial charge in [-0.15, -0.1) is 11.8 Å². The Kier molecular flexibility index (Phi) is 11.7. The number of benzene rings is 3. The van der Waals surface area contributed by atoms with Gasteiger partial charge in [0.25, 0.3) is 5.78 Å². The zero-order chi connectivity index (χ0) is 32.3. The van der Waals surface area contributed by atoms with E-state index in [9.17, 15) is 29.1 Å². The molecule has 0 radical (unpaired) electrons. The molecule has 1 heterocycles. The SMILES string of the molecule is CC(C)C[C@H](NC(=O)OCc1ccccc1)C(=O)N1C(c2ccccc2)SC[C@H]1C(=O)N[C@@H](Cc1ccccc1)C(=O)C(=O)O. The number of carbonyl (C=O) groups excluding carboxylic acids is 4. The second-order valence-electron chi connectivity index (χ2n) is 11.2. The third-order valence-corrected chi connectivity index (χ3v) is 8.60.